The lowest BCUT2D eigenvalue weighted by atomic mass is 9.60. The Kier molecular flexibility index (Phi) is 6.69. The molecule has 0 atom stereocenters. The molecule has 1 aromatic carbocycles. The van der Waals surface area contributed by atoms with Crippen LogP contribution >= 0.6 is 0 Å². The number of hydrogen-bond acceptors (Lipinski definition) is 3. The molecule has 1 N–H and O–H groups in total. The maximum absolute atomic E-state index is 13.3. The monoisotopic (exact) mass is 430 g/mol. The van der Waals surface area contributed by atoms with Gasteiger partial charge in [0.25, 0.3) is 5.91 Å². The fraction of sp³-hybridized carbons (Fsp3) is 0.619. The molecule has 1 saturated carbocycles. The molecule has 5 nitrogen and oxygen atoms in total. The second-order valence-electron chi connectivity index (χ2n) is 8.41. The molecule has 166 valence electrons. The summed E-state index contributed by atoms with van der Waals surface area (Å²) in [6, 6.07) is 6.85. The molecule has 1 aliphatic carbocycles. The number of piperidine rings is 1. The van der Waals surface area contributed by atoms with Crippen molar-refractivity contribution in [2.45, 2.75) is 50.7 Å². The molecule has 0 bridgehead atoms. The normalized spacial score (nSPS) is 21.7. The second-order valence-corrected chi connectivity index (χ2v) is 8.41. The number of aliphatic carboxylic acids is 1. The zero-order chi connectivity index (χ0) is 21.9. The number of amides is 1. The van der Waals surface area contributed by atoms with Crippen LogP contribution in [0, 0.1) is 11.2 Å². The largest absolute Gasteiger partial charge is 0.490 e. The number of rotatable bonds is 2. The molecule has 3 fully saturated rings. The molecule has 1 aromatic rings. The van der Waals surface area contributed by atoms with Crippen molar-refractivity contribution in [2.24, 2.45) is 5.41 Å². The van der Waals surface area contributed by atoms with Crippen molar-refractivity contribution >= 4 is 11.9 Å². The summed E-state index contributed by atoms with van der Waals surface area (Å²) in [5.41, 5.74) is 0.955. The fourth-order valence-electron chi connectivity index (χ4n) is 4.70. The molecule has 3 aliphatic rings. The number of benzene rings is 1. The van der Waals surface area contributed by atoms with Gasteiger partial charge >= 0.3 is 12.1 Å². The Morgan fingerprint density at radius 3 is 2.10 bits per heavy atom. The van der Waals surface area contributed by atoms with E-state index >= 15 is 0 Å². The zero-order valence-corrected chi connectivity index (χ0v) is 16.6. The summed E-state index contributed by atoms with van der Waals surface area (Å²) < 4.78 is 45.0. The third-order valence-corrected chi connectivity index (χ3v) is 6.42. The average molecular weight is 430 g/mol. The maximum Gasteiger partial charge on any atom is 0.490 e. The minimum absolute atomic E-state index is 0.0187. The van der Waals surface area contributed by atoms with E-state index < -0.39 is 12.1 Å². The van der Waals surface area contributed by atoms with Gasteiger partial charge in [-0.15, -0.1) is 0 Å². The Morgan fingerprint density at radius 1 is 1.03 bits per heavy atom. The molecule has 1 spiro atoms. The molecule has 2 aliphatic heterocycles. The Balaban J connectivity index is 0.000000318. The Morgan fingerprint density at radius 2 is 1.60 bits per heavy atom. The van der Waals surface area contributed by atoms with Gasteiger partial charge in [-0.25, -0.2) is 9.18 Å². The van der Waals surface area contributed by atoms with Gasteiger partial charge in [0.1, 0.15) is 5.82 Å². The summed E-state index contributed by atoms with van der Waals surface area (Å²) in [5.74, 6) is -3.11. The molecule has 0 aromatic heterocycles. The van der Waals surface area contributed by atoms with Crippen molar-refractivity contribution in [3.63, 3.8) is 0 Å². The van der Waals surface area contributed by atoms with Gasteiger partial charge in [-0.3, -0.25) is 4.79 Å². The Labute approximate surface area is 172 Å². The third-order valence-electron chi connectivity index (χ3n) is 6.42. The second kappa shape index (κ2) is 8.91. The van der Waals surface area contributed by atoms with E-state index in [-0.39, 0.29) is 11.7 Å². The topological polar surface area (TPSA) is 60.9 Å². The highest BCUT2D eigenvalue weighted by molar-refractivity contribution is 5.94. The lowest BCUT2D eigenvalue weighted by Gasteiger charge is -2.54. The van der Waals surface area contributed by atoms with Gasteiger partial charge in [0.15, 0.2) is 0 Å². The molecule has 9 heteroatoms. The van der Waals surface area contributed by atoms with Gasteiger partial charge in [0, 0.05) is 24.7 Å². The van der Waals surface area contributed by atoms with Gasteiger partial charge in [0.2, 0.25) is 0 Å². The van der Waals surface area contributed by atoms with Crippen molar-refractivity contribution in [1.82, 2.24) is 9.80 Å². The quantitative estimate of drug-likeness (QED) is 0.722. The number of carbonyl (C=O) groups excluding carboxylic acids is 1. The molecule has 0 unspecified atom stereocenters. The van der Waals surface area contributed by atoms with E-state index in [1.54, 1.807) is 12.1 Å². The molecule has 30 heavy (non-hydrogen) atoms. The van der Waals surface area contributed by atoms with Crippen molar-refractivity contribution in [3.05, 3.63) is 35.6 Å². The van der Waals surface area contributed by atoms with Crippen molar-refractivity contribution < 1.29 is 32.3 Å². The van der Waals surface area contributed by atoms with Crippen molar-refractivity contribution in [2.75, 3.05) is 26.2 Å². The summed E-state index contributed by atoms with van der Waals surface area (Å²) in [5, 5.41) is 7.12. The SMILES string of the molecule is O=C(O)C(F)(F)F.O=C(c1cccc(F)c1)N1CCC2(CC1)CC(N1CCCC1)C2. The number of alkyl halides is 3. The van der Waals surface area contributed by atoms with Gasteiger partial charge in [-0.2, -0.15) is 13.2 Å². The fourth-order valence-corrected chi connectivity index (χ4v) is 4.70. The summed E-state index contributed by atoms with van der Waals surface area (Å²) in [7, 11) is 0. The Bertz CT molecular complexity index is 762. The highest BCUT2D eigenvalue weighted by Gasteiger charge is 2.48. The summed E-state index contributed by atoms with van der Waals surface area (Å²) in [6.07, 6.45) is 2.49. The van der Waals surface area contributed by atoms with E-state index in [2.05, 4.69) is 4.90 Å². The first-order valence-electron chi connectivity index (χ1n) is 10.2. The van der Waals surface area contributed by atoms with Crippen LogP contribution in [0.5, 0.6) is 0 Å². The number of likely N-dealkylation sites (tertiary alicyclic amines) is 2. The predicted octanol–water partition coefficient (Wildman–Crippen LogP) is 3.94. The predicted molar refractivity (Wildman–Crippen MR) is 101 cm³/mol. The van der Waals surface area contributed by atoms with E-state index in [0.29, 0.717) is 11.0 Å². The van der Waals surface area contributed by atoms with E-state index in [1.165, 1.54) is 50.9 Å². The first kappa shape index (κ1) is 22.5. The number of carboxylic acid groups (broad SMARTS) is 1. The lowest BCUT2D eigenvalue weighted by molar-refractivity contribution is -0.192. The zero-order valence-electron chi connectivity index (χ0n) is 16.6. The number of nitrogens with zero attached hydrogens (tertiary/aromatic N) is 2. The molecule has 1 amide bonds. The maximum atomic E-state index is 13.3. The molecular weight excluding hydrogens is 404 g/mol. The first-order chi connectivity index (χ1) is 14.1. The van der Waals surface area contributed by atoms with Gasteiger partial charge < -0.3 is 14.9 Å². The van der Waals surface area contributed by atoms with Crippen LogP contribution in [0.2, 0.25) is 0 Å². The first-order valence-corrected chi connectivity index (χ1v) is 10.2. The van der Waals surface area contributed by atoms with E-state index in [1.807, 2.05) is 4.90 Å². The molecule has 2 saturated heterocycles. The van der Waals surface area contributed by atoms with Gasteiger partial charge in [-0.05, 0) is 75.2 Å². The van der Waals surface area contributed by atoms with E-state index in [0.717, 1.165) is 32.0 Å². The van der Waals surface area contributed by atoms with Gasteiger partial charge in [0.05, 0.1) is 0 Å². The molecular formula is C21H26F4N2O3. The summed E-state index contributed by atoms with van der Waals surface area (Å²) in [4.78, 5) is 26.0. The van der Waals surface area contributed by atoms with Crippen LogP contribution in [0.25, 0.3) is 0 Å². The Hall–Kier alpha value is -2.16. The van der Waals surface area contributed by atoms with Crippen LogP contribution in [0.4, 0.5) is 17.6 Å². The minimum Gasteiger partial charge on any atom is -0.475 e. The highest BCUT2D eigenvalue weighted by atomic mass is 19.4. The van der Waals surface area contributed by atoms with E-state index in [4.69, 9.17) is 9.90 Å². The van der Waals surface area contributed by atoms with Crippen molar-refractivity contribution in [1.29, 1.82) is 0 Å². The number of halogens is 4. The summed E-state index contributed by atoms with van der Waals surface area (Å²) >= 11 is 0. The van der Waals surface area contributed by atoms with Crippen LogP contribution < -0.4 is 0 Å². The molecule has 0 radical (unpaired) electrons. The number of carbonyl (C=O) groups is 2. The minimum atomic E-state index is -5.08. The third kappa shape index (κ3) is 5.30. The number of carboxylic acids is 1. The molecule has 2 heterocycles. The van der Waals surface area contributed by atoms with Gasteiger partial charge in [-0.1, -0.05) is 6.07 Å². The summed E-state index contributed by atoms with van der Waals surface area (Å²) in [6.45, 7) is 4.21. The smallest absolute Gasteiger partial charge is 0.475 e. The van der Waals surface area contributed by atoms with Crippen LogP contribution in [0.1, 0.15) is 48.9 Å². The number of hydrogen-bond donors (Lipinski definition) is 1. The van der Waals surface area contributed by atoms with Crippen LogP contribution in [-0.4, -0.2) is 65.2 Å². The molecule has 4 rings (SSSR count). The van der Waals surface area contributed by atoms with Crippen LogP contribution in [-0.2, 0) is 4.79 Å². The van der Waals surface area contributed by atoms with Crippen LogP contribution in [0.15, 0.2) is 24.3 Å². The highest BCUT2D eigenvalue weighted by Crippen LogP contribution is 2.51. The standard InChI is InChI=1S/C19H25FN2O.C2HF3O2/c20-16-5-3-4-15(12-16)18(23)22-10-6-19(7-11-22)13-17(14-19)21-8-1-2-9-21;3-2(4,5)1(6)7/h3-5,12,17H,1-2,6-11,13-14H2;(H,6,7). The lowest BCUT2D eigenvalue weighted by Crippen LogP contribution is -2.55. The van der Waals surface area contributed by atoms with Crippen LogP contribution in [0.3, 0.4) is 0 Å². The van der Waals surface area contributed by atoms with E-state index in [9.17, 15) is 22.4 Å². The van der Waals surface area contributed by atoms with Crippen molar-refractivity contribution in [3.8, 4) is 0 Å². The average Bonchev–Trinajstić information content (AvgIpc) is 3.20.